The van der Waals surface area contributed by atoms with Crippen molar-refractivity contribution in [2.24, 2.45) is 0 Å². The molecule has 1 nitrogen and oxygen atoms in total. The van der Waals surface area contributed by atoms with Gasteiger partial charge in [-0.1, -0.05) is 13.8 Å². The van der Waals surface area contributed by atoms with Gasteiger partial charge in [0.25, 0.3) is 0 Å². The van der Waals surface area contributed by atoms with Crippen molar-refractivity contribution in [2.75, 3.05) is 0 Å². The summed E-state index contributed by atoms with van der Waals surface area (Å²) in [6, 6.07) is 2.19. The Morgan fingerprint density at radius 1 is 1.17 bits per heavy atom. The lowest BCUT2D eigenvalue weighted by atomic mass is 9.97. The number of aryl methyl sites for hydroxylation is 2. The zero-order valence-electron chi connectivity index (χ0n) is 8.60. The summed E-state index contributed by atoms with van der Waals surface area (Å²) in [5.74, 6) is 0.602. The molecule has 0 amide bonds. The van der Waals surface area contributed by atoms with Crippen molar-refractivity contribution < 1.29 is 0 Å². The molecule has 1 aromatic rings. The van der Waals surface area contributed by atoms with E-state index in [1.165, 1.54) is 16.8 Å². The fourth-order valence-corrected chi connectivity index (χ4v) is 1.52. The molecule has 66 valence electrons. The highest BCUT2D eigenvalue weighted by molar-refractivity contribution is 5.32. The summed E-state index contributed by atoms with van der Waals surface area (Å²) in [6.07, 6.45) is 0. The summed E-state index contributed by atoms with van der Waals surface area (Å²) in [6.45, 7) is 10.7. The molecule has 0 bridgehead atoms. The summed E-state index contributed by atoms with van der Waals surface area (Å²) in [5, 5.41) is 0. The zero-order chi connectivity index (χ0) is 9.30. The van der Waals surface area contributed by atoms with Crippen LogP contribution in [0.3, 0.4) is 0 Å². The quantitative estimate of drug-likeness (QED) is 0.619. The summed E-state index contributed by atoms with van der Waals surface area (Å²) in [4.78, 5) is 4.42. The molecule has 1 heteroatoms. The molecular weight excluding hydrogens is 146 g/mol. The Hall–Kier alpha value is -0.850. The standard InChI is InChI=1S/C11H17N/c1-7(2)11-6-8(3)12-10(5)9(11)4/h6-7H,1-5H3. The van der Waals surface area contributed by atoms with E-state index >= 15 is 0 Å². The van der Waals surface area contributed by atoms with Crippen LogP contribution in [0.2, 0.25) is 0 Å². The van der Waals surface area contributed by atoms with Crippen molar-refractivity contribution in [3.8, 4) is 0 Å². The van der Waals surface area contributed by atoms with Gasteiger partial charge in [-0.3, -0.25) is 4.98 Å². The molecule has 0 unspecified atom stereocenters. The fraction of sp³-hybridized carbons (Fsp3) is 0.545. The van der Waals surface area contributed by atoms with Gasteiger partial charge in [-0.25, -0.2) is 0 Å². The van der Waals surface area contributed by atoms with E-state index in [9.17, 15) is 0 Å². The predicted molar refractivity (Wildman–Crippen MR) is 52.5 cm³/mol. The van der Waals surface area contributed by atoms with Gasteiger partial charge in [-0.15, -0.1) is 0 Å². The molecule has 1 aromatic heterocycles. The first kappa shape index (κ1) is 9.24. The van der Waals surface area contributed by atoms with E-state index in [0.29, 0.717) is 5.92 Å². The minimum absolute atomic E-state index is 0.602. The minimum atomic E-state index is 0.602. The Morgan fingerprint density at radius 2 is 1.75 bits per heavy atom. The van der Waals surface area contributed by atoms with Crippen LogP contribution >= 0.6 is 0 Å². The van der Waals surface area contributed by atoms with E-state index in [0.717, 1.165) is 5.69 Å². The first-order valence-electron chi connectivity index (χ1n) is 4.47. The monoisotopic (exact) mass is 163 g/mol. The Morgan fingerprint density at radius 3 is 2.25 bits per heavy atom. The first-order chi connectivity index (χ1) is 5.52. The Balaban J connectivity index is 3.28. The molecule has 0 N–H and O–H groups in total. The van der Waals surface area contributed by atoms with Gasteiger partial charge in [0.15, 0.2) is 0 Å². The molecule has 1 rings (SSSR count). The third-order valence-electron chi connectivity index (χ3n) is 2.31. The normalized spacial score (nSPS) is 10.8. The summed E-state index contributed by atoms with van der Waals surface area (Å²) in [7, 11) is 0. The van der Waals surface area contributed by atoms with Gasteiger partial charge >= 0.3 is 0 Å². The van der Waals surface area contributed by atoms with Crippen LogP contribution < -0.4 is 0 Å². The molecule has 12 heavy (non-hydrogen) atoms. The average molecular weight is 163 g/mol. The van der Waals surface area contributed by atoms with Gasteiger partial charge in [0.1, 0.15) is 0 Å². The summed E-state index contributed by atoms with van der Waals surface area (Å²) in [5.41, 5.74) is 5.07. The fourth-order valence-electron chi connectivity index (χ4n) is 1.52. The third-order valence-corrected chi connectivity index (χ3v) is 2.31. The Labute approximate surface area is 74.8 Å². The average Bonchev–Trinajstić information content (AvgIpc) is 1.96. The van der Waals surface area contributed by atoms with Gasteiger partial charge < -0.3 is 0 Å². The number of hydrogen-bond donors (Lipinski definition) is 0. The van der Waals surface area contributed by atoms with Crippen molar-refractivity contribution in [2.45, 2.75) is 40.5 Å². The summed E-state index contributed by atoms with van der Waals surface area (Å²) < 4.78 is 0. The molecule has 0 spiro atoms. The lowest BCUT2D eigenvalue weighted by Crippen LogP contribution is -1.99. The SMILES string of the molecule is Cc1cc(C(C)C)c(C)c(C)n1. The van der Waals surface area contributed by atoms with Gasteiger partial charge in [0.05, 0.1) is 0 Å². The molecule has 0 saturated heterocycles. The summed E-state index contributed by atoms with van der Waals surface area (Å²) >= 11 is 0. The highest BCUT2D eigenvalue weighted by Crippen LogP contribution is 2.21. The van der Waals surface area contributed by atoms with E-state index in [-0.39, 0.29) is 0 Å². The van der Waals surface area contributed by atoms with E-state index in [4.69, 9.17) is 0 Å². The van der Waals surface area contributed by atoms with Crippen molar-refractivity contribution in [1.29, 1.82) is 0 Å². The second-order valence-electron chi connectivity index (χ2n) is 3.72. The lowest BCUT2D eigenvalue weighted by Gasteiger charge is -2.12. The van der Waals surface area contributed by atoms with E-state index in [1.54, 1.807) is 0 Å². The van der Waals surface area contributed by atoms with Crippen LogP contribution in [-0.4, -0.2) is 4.98 Å². The molecule has 0 saturated carbocycles. The van der Waals surface area contributed by atoms with E-state index in [2.05, 4.69) is 45.7 Å². The smallest absolute Gasteiger partial charge is 0.0407 e. The number of aromatic nitrogens is 1. The molecule has 0 aliphatic carbocycles. The maximum atomic E-state index is 4.42. The molecule has 0 aliphatic heterocycles. The number of pyridine rings is 1. The van der Waals surface area contributed by atoms with Gasteiger partial charge in [0.2, 0.25) is 0 Å². The highest BCUT2D eigenvalue weighted by Gasteiger charge is 2.06. The second kappa shape index (κ2) is 3.26. The Bertz CT molecular complexity index is 287. The second-order valence-corrected chi connectivity index (χ2v) is 3.72. The molecule has 0 atom stereocenters. The van der Waals surface area contributed by atoms with E-state index in [1.807, 2.05) is 0 Å². The highest BCUT2D eigenvalue weighted by atomic mass is 14.7. The Kier molecular flexibility index (Phi) is 2.51. The van der Waals surface area contributed by atoms with Gasteiger partial charge in [0, 0.05) is 11.4 Å². The molecule has 0 aliphatic rings. The van der Waals surface area contributed by atoms with Crippen LogP contribution in [0.25, 0.3) is 0 Å². The zero-order valence-corrected chi connectivity index (χ0v) is 8.60. The third kappa shape index (κ3) is 1.66. The topological polar surface area (TPSA) is 12.9 Å². The number of rotatable bonds is 1. The maximum absolute atomic E-state index is 4.42. The van der Waals surface area contributed by atoms with Gasteiger partial charge in [-0.05, 0) is 43.9 Å². The molecule has 0 radical (unpaired) electrons. The molecule has 0 aromatic carbocycles. The van der Waals surface area contributed by atoms with Crippen molar-refractivity contribution in [3.05, 3.63) is 28.6 Å². The van der Waals surface area contributed by atoms with Crippen molar-refractivity contribution >= 4 is 0 Å². The number of nitrogens with zero attached hydrogens (tertiary/aromatic N) is 1. The predicted octanol–water partition coefficient (Wildman–Crippen LogP) is 3.13. The van der Waals surface area contributed by atoms with Crippen LogP contribution in [-0.2, 0) is 0 Å². The molecule has 1 heterocycles. The minimum Gasteiger partial charge on any atom is -0.258 e. The maximum Gasteiger partial charge on any atom is 0.0407 e. The largest absolute Gasteiger partial charge is 0.258 e. The van der Waals surface area contributed by atoms with Crippen molar-refractivity contribution in [3.63, 3.8) is 0 Å². The lowest BCUT2D eigenvalue weighted by molar-refractivity contribution is 0.841. The van der Waals surface area contributed by atoms with Crippen LogP contribution in [0.15, 0.2) is 6.07 Å². The van der Waals surface area contributed by atoms with Crippen LogP contribution in [0, 0.1) is 20.8 Å². The van der Waals surface area contributed by atoms with Crippen LogP contribution in [0.1, 0.15) is 42.3 Å². The molecular formula is C11H17N. The van der Waals surface area contributed by atoms with Crippen LogP contribution in [0.5, 0.6) is 0 Å². The van der Waals surface area contributed by atoms with Gasteiger partial charge in [-0.2, -0.15) is 0 Å². The van der Waals surface area contributed by atoms with Crippen molar-refractivity contribution in [1.82, 2.24) is 4.98 Å². The number of hydrogen-bond acceptors (Lipinski definition) is 1. The molecule has 0 fully saturated rings. The van der Waals surface area contributed by atoms with Crippen LogP contribution in [0.4, 0.5) is 0 Å². The van der Waals surface area contributed by atoms with E-state index < -0.39 is 0 Å². The first-order valence-corrected chi connectivity index (χ1v) is 4.47.